The van der Waals surface area contributed by atoms with E-state index in [0.717, 1.165) is 5.56 Å². The molecule has 3 rings (SSSR count). The van der Waals surface area contributed by atoms with Gasteiger partial charge in [-0.15, -0.1) is 0 Å². The van der Waals surface area contributed by atoms with Gasteiger partial charge in [0.05, 0.1) is 5.39 Å². The van der Waals surface area contributed by atoms with Gasteiger partial charge in [-0.05, 0) is 28.5 Å². The Kier molecular flexibility index (Phi) is 3.53. The van der Waals surface area contributed by atoms with Crippen molar-refractivity contribution in [3.8, 4) is 0 Å². The van der Waals surface area contributed by atoms with E-state index in [9.17, 15) is 9.59 Å². The predicted octanol–water partition coefficient (Wildman–Crippen LogP) is 2.26. The Hall–Kier alpha value is -2.47. The third kappa shape index (κ3) is 2.57. The highest BCUT2D eigenvalue weighted by molar-refractivity contribution is 7.07. The number of rotatable bonds is 3. The summed E-state index contributed by atoms with van der Waals surface area (Å²) < 4.78 is 0. The normalized spacial score (nSPS) is 10.7. The minimum atomic E-state index is -0.289. The summed E-state index contributed by atoms with van der Waals surface area (Å²) in [6.45, 7) is 0.511. The molecule has 3 aromatic rings. The quantitative estimate of drug-likeness (QED) is 0.806. The number of H-pyrrole nitrogens is 1. The second kappa shape index (κ2) is 5.49. The van der Waals surface area contributed by atoms with Crippen LogP contribution in [0.25, 0.3) is 10.8 Å². The van der Waals surface area contributed by atoms with Crippen molar-refractivity contribution >= 4 is 28.0 Å². The van der Waals surface area contributed by atoms with Crippen LogP contribution >= 0.6 is 11.3 Å². The van der Waals surface area contributed by atoms with Crippen LogP contribution in [0, 0.1) is 0 Å². The molecule has 0 saturated heterocycles. The molecule has 6 heteroatoms. The van der Waals surface area contributed by atoms with E-state index in [1.807, 2.05) is 16.8 Å². The molecule has 0 aliphatic rings. The summed E-state index contributed by atoms with van der Waals surface area (Å²) >= 11 is 1.59. The van der Waals surface area contributed by atoms with Crippen LogP contribution in [-0.4, -0.2) is 28.1 Å². The van der Waals surface area contributed by atoms with E-state index in [1.54, 1.807) is 47.5 Å². The van der Waals surface area contributed by atoms with Gasteiger partial charge in [0.1, 0.15) is 0 Å². The van der Waals surface area contributed by atoms with Crippen LogP contribution in [0.5, 0.6) is 0 Å². The highest BCUT2D eigenvalue weighted by atomic mass is 32.1. The number of amides is 1. The summed E-state index contributed by atoms with van der Waals surface area (Å²) in [6.07, 6.45) is 0. The molecule has 0 atom stereocenters. The maximum absolute atomic E-state index is 12.5. The van der Waals surface area contributed by atoms with Gasteiger partial charge in [-0.3, -0.25) is 9.59 Å². The fraction of sp³-hybridized carbons (Fsp3) is 0.133. The molecule has 106 valence electrons. The van der Waals surface area contributed by atoms with E-state index in [0.29, 0.717) is 17.3 Å². The number of nitrogens with one attached hydrogen (secondary N) is 1. The van der Waals surface area contributed by atoms with Crippen molar-refractivity contribution in [2.75, 3.05) is 7.05 Å². The Morgan fingerprint density at radius 2 is 2.05 bits per heavy atom. The standard InChI is InChI=1S/C15H13N3O2S/c1-18(8-10-6-7-21-9-10)15(20)13-11-4-2-3-5-12(11)14(19)17-16-13/h2-7,9H,8H2,1H3,(H,17,19). The van der Waals surface area contributed by atoms with Crippen LogP contribution in [0.1, 0.15) is 16.1 Å². The van der Waals surface area contributed by atoms with Gasteiger partial charge in [-0.2, -0.15) is 16.4 Å². The predicted molar refractivity (Wildman–Crippen MR) is 82.5 cm³/mol. The molecule has 1 N–H and O–H groups in total. The number of carbonyl (C=O) groups excluding carboxylic acids is 1. The van der Waals surface area contributed by atoms with Crippen molar-refractivity contribution in [2.24, 2.45) is 0 Å². The van der Waals surface area contributed by atoms with Crippen molar-refractivity contribution in [3.05, 3.63) is 62.7 Å². The minimum Gasteiger partial charge on any atom is -0.336 e. The molecule has 0 radical (unpaired) electrons. The minimum absolute atomic E-state index is 0.214. The number of benzene rings is 1. The molecule has 1 aromatic carbocycles. The number of hydrogen-bond acceptors (Lipinski definition) is 4. The van der Waals surface area contributed by atoms with E-state index in [-0.39, 0.29) is 17.2 Å². The molecule has 2 heterocycles. The molecule has 0 spiro atoms. The average Bonchev–Trinajstić information content (AvgIpc) is 3.00. The molecular weight excluding hydrogens is 286 g/mol. The van der Waals surface area contributed by atoms with Gasteiger partial charge in [0, 0.05) is 19.0 Å². The Morgan fingerprint density at radius 1 is 1.29 bits per heavy atom. The first-order valence-electron chi connectivity index (χ1n) is 6.41. The number of thiophene rings is 1. The van der Waals surface area contributed by atoms with Crippen LogP contribution in [0.3, 0.4) is 0 Å². The molecule has 21 heavy (non-hydrogen) atoms. The Morgan fingerprint density at radius 3 is 2.76 bits per heavy atom. The zero-order valence-electron chi connectivity index (χ0n) is 11.4. The van der Waals surface area contributed by atoms with Gasteiger partial charge < -0.3 is 4.90 Å². The molecule has 0 aliphatic heterocycles. The van der Waals surface area contributed by atoms with E-state index in [2.05, 4.69) is 10.2 Å². The van der Waals surface area contributed by atoms with E-state index >= 15 is 0 Å². The van der Waals surface area contributed by atoms with Gasteiger partial charge >= 0.3 is 0 Å². The van der Waals surface area contributed by atoms with E-state index in [1.165, 1.54) is 0 Å². The maximum atomic E-state index is 12.5. The Labute approximate surface area is 124 Å². The Balaban J connectivity index is 1.98. The zero-order valence-corrected chi connectivity index (χ0v) is 12.2. The lowest BCUT2D eigenvalue weighted by Gasteiger charge is -2.16. The number of aromatic amines is 1. The van der Waals surface area contributed by atoms with Crippen molar-refractivity contribution in [1.29, 1.82) is 0 Å². The number of carbonyl (C=O) groups is 1. The van der Waals surface area contributed by atoms with E-state index < -0.39 is 0 Å². The molecule has 0 fully saturated rings. The summed E-state index contributed by atoms with van der Waals surface area (Å²) in [7, 11) is 1.72. The highest BCUT2D eigenvalue weighted by Gasteiger charge is 2.18. The van der Waals surface area contributed by atoms with E-state index in [4.69, 9.17) is 0 Å². The molecule has 0 saturated carbocycles. The topological polar surface area (TPSA) is 66.1 Å². The Bertz CT molecular complexity index is 840. The fourth-order valence-electron chi connectivity index (χ4n) is 2.19. The molecular formula is C15H13N3O2S. The summed E-state index contributed by atoms with van der Waals surface area (Å²) in [5, 5.41) is 11.3. The van der Waals surface area contributed by atoms with Crippen LogP contribution < -0.4 is 5.56 Å². The van der Waals surface area contributed by atoms with Crippen molar-refractivity contribution < 1.29 is 4.79 Å². The van der Waals surface area contributed by atoms with Crippen LogP contribution in [0.4, 0.5) is 0 Å². The van der Waals surface area contributed by atoms with Crippen molar-refractivity contribution in [1.82, 2.24) is 15.1 Å². The molecule has 1 amide bonds. The first-order valence-corrected chi connectivity index (χ1v) is 7.35. The summed E-state index contributed by atoms with van der Waals surface area (Å²) in [5.74, 6) is -0.214. The third-order valence-corrected chi connectivity index (χ3v) is 3.98. The molecule has 0 unspecified atom stereocenters. The van der Waals surface area contributed by atoms with Gasteiger partial charge in [0.25, 0.3) is 11.5 Å². The van der Waals surface area contributed by atoms with Crippen molar-refractivity contribution in [3.63, 3.8) is 0 Å². The van der Waals surface area contributed by atoms with Gasteiger partial charge in [0.15, 0.2) is 5.69 Å². The van der Waals surface area contributed by atoms with Crippen molar-refractivity contribution in [2.45, 2.75) is 6.54 Å². The summed E-state index contributed by atoms with van der Waals surface area (Å²) in [6, 6.07) is 8.96. The molecule has 2 aromatic heterocycles. The average molecular weight is 299 g/mol. The number of hydrogen-bond donors (Lipinski definition) is 1. The number of fused-ring (bicyclic) bond motifs is 1. The monoisotopic (exact) mass is 299 g/mol. The number of nitrogens with zero attached hydrogens (tertiary/aromatic N) is 2. The molecule has 5 nitrogen and oxygen atoms in total. The summed E-state index contributed by atoms with van der Waals surface area (Å²) in [4.78, 5) is 25.9. The second-order valence-electron chi connectivity index (χ2n) is 4.74. The highest BCUT2D eigenvalue weighted by Crippen LogP contribution is 2.15. The fourth-order valence-corrected chi connectivity index (χ4v) is 2.85. The maximum Gasteiger partial charge on any atom is 0.274 e. The number of aromatic nitrogens is 2. The van der Waals surface area contributed by atoms with Gasteiger partial charge in [0.2, 0.25) is 0 Å². The lowest BCUT2D eigenvalue weighted by Crippen LogP contribution is -2.28. The SMILES string of the molecule is CN(Cc1ccsc1)C(=O)c1n[nH]c(=O)c2ccccc12. The van der Waals surface area contributed by atoms with Gasteiger partial charge in [-0.25, -0.2) is 5.10 Å². The third-order valence-electron chi connectivity index (χ3n) is 3.25. The molecule has 0 aliphatic carbocycles. The first-order chi connectivity index (χ1) is 10.2. The largest absolute Gasteiger partial charge is 0.336 e. The lowest BCUT2D eigenvalue weighted by atomic mass is 10.1. The lowest BCUT2D eigenvalue weighted by molar-refractivity contribution is 0.0780. The zero-order chi connectivity index (χ0) is 14.8. The first kappa shape index (κ1) is 13.5. The van der Waals surface area contributed by atoms with Crippen LogP contribution in [-0.2, 0) is 6.54 Å². The smallest absolute Gasteiger partial charge is 0.274 e. The summed E-state index contributed by atoms with van der Waals surface area (Å²) in [5.41, 5.74) is 1.05. The molecule has 0 bridgehead atoms. The van der Waals surface area contributed by atoms with Gasteiger partial charge in [-0.1, -0.05) is 18.2 Å². The van der Waals surface area contributed by atoms with Crippen LogP contribution in [0.2, 0.25) is 0 Å². The second-order valence-corrected chi connectivity index (χ2v) is 5.52. The van der Waals surface area contributed by atoms with Crippen LogP contribution in [0.15, 0.2) is 45.9 Å².